The lowest BCUT2D eigenvalue weighted by molar-refractivity contribution is -0.123. The number of morpholine rings is 1. The van der Waals surface area contributed by atoms with Crippen LogP contribution in [0.2, 0.25) is 0 Å². The van der Waals surface area contributed by atoms with Crippen molar-refractivity contribution in [1.29, 1.82) is 0 Å². The van der Waals surface area contributed by atoms with Crippen molar-refractivity contribution in [2.45, 2.75) is 30.8 Å². The Bertz CT molecular complexity index is 750. The van der Waals surface area contributed by atoms with Crippen LogP contribution in [-0.4, -0.2) is 122 Å². The van der Waals surface area contributed by atoms with E-state index in [0.717, 1.165) is 32.8 Å². The minimum atomic E-state index is -0.250. The Morgan fingerprint density at radius 1 is 1.00 bits per heavy atom. The molecule has 1 aromatic rings. The van der Waals surface area contributed by atoms with Gasteiger partial charge in [0.05, 0.1) is 13.2 Å². The van der Waals surface area contributed by atoms with Crippen molar-refractivity contribution < 1.29 is 24.5 Å². The summed E-state index contributed by atoms with van der Waals surface area (Å²) in [4.78, 5) is 24.8. The number of carboxylic acid groups (broad SMARTS) is 2. The van der Waals surface area contributed by atoms with E-state index in [0.29, 0.717) is 12.0 Å². The van der Waals surface area contributed by atoms with Gasteiger partial charge in [-0.25, -0.2) is 0 Å². The third-order valence-corrected chi connectivity index (χ3v) is 7.77. The van der Waals surface area contributed by atoms with Crippen molar-refractivity contribution in [3.05, 3.63) is 35.9 Å². The molecule has 5 heterocycles. The van der Waals surface area contributed by atoms with Crippen molar-refractivity contribution in [2.75, 3.05) is 72.1 Å². The summed E-state index contributed by atoms with van der Waals surface area (Å²) < 4.78 is 5.58. The summed E-state index contributed by atoms with van der Waals surface area (Å²) in [5, 5.41) is 17.9. The van der Waals surface area contributed by atoms with Crippen LogP contribution in [0.1, 0.15) is 19.4 Å². The standard InChI is InChI=1S/C23H36N4O.2CH2O2/c1-22(2,27-10-12-28-13-11-27)16-24-21-19-14-25-8-9-26(15-19)18-23(21,17-25)20-6-4-3-5-7-20;2*2-1-3/h3-7,19,21,24H,8-18H2,1-2H3;2*1H,(H,2,3). The predicted octanol–water partition coefficient (Wildman–Crippen LogP) is 0.656. The van der Waals surface area contributed by atoms with Gasteiger partial charge in [-0.15, -0.1) is 0 Å². The molecule has 5 saturated heterocycles. The predicted molar refractivity (Wildman–Crippen MR) is 130 cm³/mol. The zero-order valence-electron chi connectivity index (χ0n) is 20.4. The van der Waals surface area contributed by atoms with Crippen molar-refractivity contribution in [3.63, 3.8) is 0 Å². The SMILES string of the molecule is CC(C)(CNC1C2CN3CCN(C2)CC1(c1ccccc1)C3)N1CCOCC1.O=CO.O=CO. The molecule has 0 aliphatic carbocycles. The fourth-order valence-corrected chi connectivity index (χ4v) is 6.31. The zero-order chi connectivity index (χ0) is 24.6. The van der Waals surface area contributed by atoms with Gasteiger partial charge in [0.25, 0.3) is 12.9 Å². The van der Waals surface area contributed by atoms with Crippen LogP contribution < -0.4 is 5.32 Å². The molecule has 0 saturated carbocycles. The molecule has 190 valence electrons. The highest BCUT2D eigenvalue weighted by Gasteiger charge is 2.55. The van der Waals surface area contributed by atoms with E-state index in [-0.39, 0.29) is 23.9 Å². The average Bonchev–Trinajstić information content (AvgIpc) is 3.09. The molecule has 5 fully saturated rings. The van der Waals surface area contributed by atoms with E-state index >= 15 is 0 Å². The first kappa shape index (κ1) is 26.6. The summed E-state index contributed by atoms with van der Waals surface area (Å²) in [5.41, 5.74) is 1.89. The molecule has 4 bridgehead atoms. The summed E-state index contributed by atoms with van der Waals surface area (Å²) in [7, 11) is 0. The van der Waals surface area contributed by atoms with Crippen molar-refractivity contribution in [3.8, 4) is 0 Å². The van der Waals surface area contributed by atoms with Crippen molar-refractivity contribution in [1.82, 2.24) is 20.0 Å². The number of hydrogen-bond donors (Lipinski definition) is 3. The molecule has 5 aliphatic heterocycles. The maximum atomic E-state index is 8.36. The molecular weight excluding hydrogens is 436 g/mol. The highest BCUT2D eigenvalue weighted by atomic mass is 16.5. The van der Waals surface area contributed by atoms with Crippen LogP contribution in [0.4, 0.5) is 0 Å². The average molecular weight is 477 g/mol. The van der Waals surface area contributed by atoms with Gasteiger partial charge in [-0.2, -0.15) is 0 Å². The normalized spacial score (nSPS) is 32.4. The van der Waals surface area contributed by atoms with Crippen molar-refractivity contribution in [2.24, 2.45) is 5.92 Å². The molecule has 3 N–H and O–H groups in total. The Morgan fingerprint density at radius 2 is 1.53 bits per heavy atom. The number of ether oxygens (including phenoxy) is 1. The van der Waals surface area contributed by atoms with Crippen LogP contribution in [0.5, 0.6) is 0 Å². The molecule has 0 aromatic heterocycles. The van der Waals surface area contributed by atoms with E-state index in [2.05, 4.69) is 64.2 Å². The number of benzene rings is 1. The summed E-state index contributed by atoms with van der Waals surface area (Å²) >= 11 is 0. The largest absolute Gasteiger partial charge is 0.483 e. The highest BCUT2D eigenvalue weighted by molar-refractivity contribution is 5.34. The van der Waals surface area contributed by atoms with Gasteiger partial charge in [0.1, 0.15) is 0 Å². The van der Waals surface area contributed by atoms with Crippen LogP contribution in [0, 0.1) is 5.92 Å². The van der Waals surface area contributed by atoms with E-state index in [9.17, 15) is 0 Å². The molecule has 5 aliphatic rings. The van der Waals surface area contributed by atoms with Gasteiger partial charge in [-0.1, -0.05) is 30.3 Å². The molecule has 0 amide bonds. The number of carbonyl (C=O) groups is 2. The molecular formula is C25H40N4O5. The first-order chi connectivity index (χ1) is 16.4. The third kappa shape index (κ3) is 5.95. The van der Waals surface area contributed by atoms with E-state index in [4.69, 9.17) is 24.5 Å². The van der Waals surface area contributed by atoms with Crippen LogP contribution >= 0.6 is 0 Å². The Hall–Kier alpha value is -2.04. The van der Waals surface area contributed by atoms with E-state index in [1.54, 1.807) is 0 Å². The second-order valence-electron chi connectivity index (χ2n) is 10.2. The number of fused-ring (bicyclic) bond motifs is 1. The minimum Gasteiger partial charge on any atom is -0.483 e. The number of rotatable bonds is 5. The number of nitrogens with zero attached hydrogens (tertiary/aromatic N) is 3. The van der Waals surface area contributed by atoms with Gasteiger partial charge in [0.15, 0.2) is 0 Å². The van der Waals surface area contributed by atoms with Gasteiger partial charge in [-0.05, 0) is 19.4 Å². The van der Waals surface area contributed by atoms with Gasteiger partial charge in [-0.3, -0.25) is 14.5 Å². The molecule has 1 aromatic carbocycles. The fourth-order valence-electron chi connectivity index (χ4n) is 6.31. The quantitative estimate of drug-likeness (QED) is 0.529. The molecule has 34 heavy (non-hydrogen) atoms. The number of nitrogens with one attached hydrogen (secondary N) is 1. The molecule has 9 heteroatoms. The molecule has 0 radical (unpaired) electrons. The Kier molecular flexibility index (Phi) is 9.44. The van der Waals surface area contributed by atoms with Gasteiger partial charge in [0, 0.05) is 81.8 Å². The molecule has 9 nitrogen and oxygen atoms in total. The summed E-state index contributed by atoms with van der Waals surface area (Å²) in [6.45, 7) is 16.5. The van der Waals surface area contributed by atoms with E-state index < -0.39 is 0 Å². The van der Waals surface area contributed by atoms with E-state index in [1.807, 2.05) is 0 Å². The third-order valence-electron chi connectivity index (χ3n) is 7.77. The molecule has 6 rings (SSSR count). The Balaban J connectivity index is 0.000000492. The smallest absolute Gasteiger partial charge is 0.290 e. The molecule has 0 spiro atoms. The number of hydrogen-bond acceptors (Lipinski definition) is 7. The zero-order valence-corrected chi connectivity index (χ0v) is 20.4. The van der Waals surface area contributed by atoms with Crippen LogP contribution in [0.25, 0.3) is 0 Å². The second-order valence-corrected chi connectivity index (χ2v) is 10.2. The number of piperidine rings is 2. The molecule has 3 atom stereocenters. The highest BCUT2D eigenvalue weighted by Crippen LogP contribution is 2.43. The maximum absolute atomic E-state index is 8.36. The van der Waals surface area contributed by atoms with Crippen LogP contribution in [-0.2, 0) is 19.7 Å². The van der Waals surface area contributed by atoms with Gasteiger partial charge < -0.3 is 30.1 Å². The van der Waals surface area contributed by atoms with Crippen LogP contribution in [0.3, 0.4) is 0 Å². The Morgan fingerprint density at radius 3 is 2.06 bits per heavy atom. The summed E-state index contributed by atoms with van der Waals surface area (Å²) in [6, 6.07) is 11.9. The first-order valence-electron chi connectivity index (χ1n) is 12.1. The van der Waals surface area contributed by atoms with Crippen LogP contribution in [0.15, 0.2) is 30.3 Å². The maximum Gasteiger partial charge on any atom is 0.290 e. The first-order valence-corrected chi connectivity index (χ1v) is 12.1. The monoisotopic (exact) mass is 476 g/mol. The summed E-state index contributed by atoms with van der Waals surface area (Å²) in [5.74, 6) is 0.714. The lowest BCUT2D eigenvalue weighted by Gasteiger charge is -2.57. The van der Waals surface area contributed by atoms with Gasteiger partial charge in [0.2, 0.25) is 0 Å². The molecule has 3 unspecified atom stereocenters. The van der Waals surface area contributed by atoms with Gasteiger partial charge >= 0.3 is 0 Å². The second kappa shape index (κ2) is 12.1. The Labute approximate surface area is 202 Å². The lowest BCUT2D eigenvalue weighted by atomic mass is 9.64. The van der Waals surface area contributed by atoms with E-state index in [1.165, 1.54) is 44.8 Å². The lowest BCUT2D eigenvalue weighted by Crippen LogP contribution is -2.71. The summed E-state index contributed by atoms with van der Waals surface area (Å²) in [6.07, 6.45) is 0. The fraction of sp³-hybridized carbons (Fsp3) is 0.680. The van der Waals surface area contributed by atoms with Crippen molar-refractivity contribution >= 4 is 12.9 Å². The topological polar surface area (TPSA) is 106 Å². The minimum absolute atomic E-state index is 0.160.